The number of rotatable bonds is 4. The summed E-state index contributed by atoms with van der Waals surface area (Å²) in [4.78, 5) is 0. The van der Waals surface area contributed by atoms with E-state index in [0.29, 0.717) is 11.6 Å². The van der Waals surface area contributed by atoms with Gasteiger partial charge in [-0.15, -0.1) is 0 Å². The summed E-state index contributed by atoms with van der Waals surface area (Å²) in [5, 5.41) is 13.5. The lowest BCUT2D eigenvalue weighted by Crippen LogP contribution is -2.20. The summed E-state index contributed by atoms with van der Waals surface area (Å²) in [6.45, 7) is 5.38. The van der Waals surface area contributed by atoms with Crippen LogP contribution in [0.15, 0.2) is 18.2 Å². The fraction of sp³-hybridized carbons (Fsp3) is 0.455. The van der Waals surface area contributed by atoms with Crippen molar-refractivity contribution in [1.29, 1.82) is 0 Å². The van der Waals surface area contributed by atoms with E-state index < -0.39 is 6.10 Å². The molecule has 1 aromatic rings. The van der Waals surface area contributed by atoms with Gasteiger partial charge in [0.25, 0.3) is 0 Å². The third-order valence-corrected chi connectivity index (χ3v) is 2.58. The first-order valence-corrected chi connectivity index (χ1v) is 5.17. The first kappa shape index (κ1) is 11.5. The molecule has 0 saturated heterocycles. The summed E-state index contributed by atoms with van der Waals surface area (Å²) < 4.78 is 0. The quantitative estimate of drug-likeness (QED) is 0.805. The van der Waals surface area contributed by atoms with E-state index in [0.717, 1.165) is 17.7 Å². The average Bonchev–Trinajstić information content (AvgIpc) is 2.18. The average molecular weight is 214 g/mol. The molecular weight excluding hydrogens is 198 g/mol. The topological polar surface area (TPSA) is 32.3 Å². The molecule has 2 nitrogen and oxygen atoms in total. The van der Waals surface area contributed by atoms with Gasteiger partial charge in [0.2, 0.25) is 0 Å². The molecule has 3 heteroatoms. The summed E-state index contributed by atoms with van der Waals surface area (Å²) >= 11 is 5.96. The molecule has 14 heavy (non-hydrogen) atoms. The van der Waals surface area contributed by atoms with Crippen molar-refractivity contribution in [3.05, 3.63) is 34.3 Å². The highest BCUT2D eigenvalue weighted by Crippen LogP contribution is 2.20. The van der Waals surface area contributed by atoms with Gasteiger partial charge >= 0.3 is 0 Å². The summed E-state index contributed by atoms with van der Waals surface area (Å²) in [6.07, 6.45) is -0.479. The molecule has 1 aromatic carbocycles. The lowest BCUT2D eigenvalue weighted by molar-refractivity contribution is 0.175. The second kappa shape index (κ2) is 5.35. The molecule has 0 amide bonds. The maximum absolute atomic E-state index is 9.75. The third-order valence-electron chi connectivity index (χ3n) is 2.17. The second-order valence-corrected chi connectivity index (χ2v) is 3.74. The van der Waals surface area contributed by atoms with Gasteiger partial charge < -0.3 is 10.4 Å². The van der Waals surface area contributed by atoms with E-state index in [4.69, 9.17) is 11.6 Å². The number of nitrogens with one attached hydrogen (secondary N) is 1. The zero-order valence-corrected chi connectivity index (χ0v) is 9.30. The molecule has 0 spiro atoms. The molecule has 2 N–H and O–H groups in total. The highest BCUT2D eigenvalue weighted by Gasteiger charge is 2.07. The molecule has 0 bridgehead atoms. The molecule has 0 saturated carbocycles. The van der Waals surface area contributed by atoms with Crippen molar-refractivity contribution >= 4 is 11.6 Å². The van der Waals surface area contributed by atoms with Crippen molar-refractivity contribution in [2.45, 2.75) is 20.0 Å². The van der Waals surface area contributed by atoms with Gasteiger partial charge in [-0.25, -0.2) is 0 Å². The Kier molecular flexibility index (Phi) is 4.39. The maximum atomic E-state index is 9.75. The fourth-order valence-corrected chi connectivity index (χ4v) is 1.40. The van der Waals surface area contributed by atoms with Gasteiger partial charge in [-0.1, -0.05) is 30.7 Å². The first-order chi connectivity index (χ1) is 6.65. The number of hydrogen-bond acceptors (Lipinski definition) is 2. The smallest absolute Gasteiger partial charge is 0.0914 e. The minimum Gasteiger partial charge on any atom is -0.387 e. The Morgan fingerprint density at radius 2 is 2.21 bits per heavy atom. The molecule has 0 aromatic heterocycles. The van der Waals surface area contributed by atoms with Crippen molar-refractivity contribution in [2.75, 3.05) is 13.1 Å². The Balaban J connectivity index is 2.70. The first-order valence-electron chi connectivity index (χ1n) is 4.80. The normalized spacial score (nSPS) is 12.9. The van der Waals surface area contributed by atoms with E-state index in [1.807, 2.05) is 32.0 Å². The lowest BCUT2D eigenvalue weighted by atomic mass is 10.1. The van der Waals surface area contributed by atoms with Crippen LogP contribution >= 0.6 is 11.6 Å². The van der Waals surface area contributed by atoms with E-state index in [1.54, 1.807) is 0 Å². The summed E-state index contributed by atoms with van der Waals surface area (Å²) in [5.74, 6) is 0. The monoisotopic (exact) mass is 213 g/mol. The summed E-state index contributed by atoms with van der Waals surface area (Å²) in [5.41, 5.74) is 1.90. The van der Waals surface area contributed by atoms with E-state index >= 15 is 0 Å². The van der Waals surface area contributed by atoms with Gasteiger partial charge in [-0.3, -0.25) is 0 Å². The molecule has 0 aliphatic carbocycles. The Hall–Kier alpha value is -0.570. The molecule has 1 atom stereocenters. The molecule has 0 heterocycles. The van der Waals surface area contributed by atoms with Crippen LogP contribution in [-0.2, 0) is 0 Å². The van der Waals surface area contributed by atoms with Crippen LogP contribution in [0, 0.1) is 6.92 Å². The molecule has 1 rings (SSSR count). The largest absolute Gasteiger partial charge is 0.387 e. The van der Waals surface area contributed by atoms with E-state index in [-0.39, 0.29) is 0 Å². The van der Waals surface area contributed by atoms with Crippen molar-refractivity contribution in [3.8, 4) is 0 Å². The molecule has 0 fully saturated rings. The van der Waals surface area contributed by atoms with Crippen LogP contribution in [0.2, 0.25) is 5.02 Å². The van der Waals surface area contributed by atoms with E-state index in [2.05, 4.69) is 5.32 Å². The molecule has 0 radical (unpaired) electrons. The predicted octanol–water partition coefficient (Wildman–Crippen LogP) is 2.29. The number of aryl methyl sites for hydroxylation is 1. The number of benzene rings is 1. The Labute approximate surface area is 89.9 Å². The van der Waals surface area contributed by atoms with Crippen LogP contribution in [0.5, 0.6) is 0 Å². The Morgan fingerprint density at radius 3 is 2.79 bits per heavy atom. The van der Waals surface area contributed by atoms with Crippen molar-refractivity contribution in [2.24, 2.45) is 0 Å². The molecule has 0 aliphatic heterocycles. The molecule has 1 unspecified atom stereocenters. The minimum atomic E-state index is -0.479. The van der Waals surface area contributed by atoms with Crippen LogP contribution in [0.1, 0.15) is 24.2 Å². The highest BCUT2D eigenvalue weighted by molar-refractivity contribution is 6.31. The predicted molar refractivity (Wildman–Crippen MR) is 59.7 cm³/mol. The van der Waals surface area contributed by atoms with Gasteiger partial charge in [0.1, 0.15) is 0 Å². The van der Waals surface area contributed by atoms with Crippen molar-refractivity contribution < 1.29 is 5.11 Å². The van der Waals surface area contributed by atoms with Crippen LogP contribution in [0.25, 0.3) is 0 Å². The van der Waals surface area contributed by atoms with Gasteiger partial charge in [0.05, 0.1) is 6.10 Å². The Morgan fingerprint density at radius 1 is 1.50 bits per heavy atom. The fourth-order valence-electron chi connectivity index (χ4n) is 1.22. The number of halogens is 1. The maximum Gasteiger partial charge on any atom is 0.0914 e. The van der Waals surface area contributed by atoms with Gasteiger partial charge in [0.15, 0.2) is 0 Å². The van der Waals surface area contributed by atoms with Gasteiger partial charge in [-0.2, -0.15) is 0 Å². The number of likely N-dealkylation sites (N-methyl/N-ethyl adjacent to an activating group) is 1. The zero-order valence-electron chi connectivity index (χ0n) is 8.55. The van der Waals surface area contributed by atoms with Crippen LogP contribution in [0.3, 0.4) is 0 Å². The standard InChI is InChI=1S/C11H16ClNO/c1-3-13-7-11(14)9-5-4-8(2)10(12)6-9/h4-6,11,13-14H,3,7H2,1-2H3. The number of aliphatic hydroxyl groups is 1. The van der Waals surface area contributed by atoms with Crippen LogP contribution < -0.4 is 5.32 Å². The summed E-state index contributed by atoms with van der Waals surface area (Å²) in [7, 11) is 0. The minimum absolute atomic E-state index is 0.479. The lowest BCUT2D eigenvalue weighted by Gasteiger charge is -2.12. The Bertz CT molecular complexity index is 301. The summed E-state index contributed by atoms with van der Waals surface area (Å²) in [6, 6.07) is 5.65. The van der Waals surface area contributed by atoms with Gasteiger partial charge in [-0.05, 0) is 30.7 Å². The van der Waals surface area contributed by atoms with Crippen molar-refractivity contribution in [3.63, 3.8) is 0 Å². The third kappa shape index (κ3) is 2.98. The van der Waals surface area contributed by atoms with E-state index in [1.165, 1.54) is 0 Å². The van der Waals surface area contributed by atoms with Gasteiger partial charge in [0, 0.05) is 11.6 Å². The molecule has 0 aliphatic rings. The molecular formula is C11H16ClNO. The second-order valence-electron chi connectivity index (χ2n) is 3.33. The highest BCUT2D eigenvalue weighted by atomic mass is 35.5. The molecule has 78 valence electrons. The number of hydrogen-bond donors (Lipinski definition) is 2. The van der Waals surface area contributed by atoms with Crippen molar-refractivity contribution in [1.82, 2.24) is 5.32 Å². The zero-order chi connectivity index (χ0) is 10.6. The van der Waals surface area contributed by atoms with E-state index in [9.17, 15) is 5.11 Å². The van der Waals surface area contributed by atoms with Crippen LogP contribution in [0.4, 0.5) is 0 Å². The SMILES string of the molecule is CCNCC(O)c1ccc(C)c(Cl)c1. The van der Waals surface area contributed by atoms with Crippen LogP contribution in [-0.4, -0.2) is 18.2 Å². The number of aliphatic hydroxyl groups excluding tert-OH is 1.